The molecule has 0 aliphatic heterocycles. The van der Waals surface area contributed by atoms with Gasteiger partial charge in [0.2, 0.25) is 0 Å². The second-order valence-electron chi connectivity index (χ2n) is 4.31. The normalized spacial score (nSPS) is 11.0. The predicted molar refractivity (Wildman–Crippen MR) is 61.8 cm³/mol. The van der Waals surface area contributed by atoms with Crippen molar-refractivity contribution >= 4 is 5.97 Å². The van der Waals surface area contributed by atoms with Crippen LogP contribution in [0.4, 0.5) is 0 Å². The molecule has 0 amide bonds. The van der Waals surface area contributed by atoms with Gasteiger partial charge in [-0.1, -0.05) is 13.8 Å². The van der Waals surface area contributed by atoms with Gasteiger partial charge in [0, 0.05) is 19.3 Å². The minimum atomic E-state index is -0.883. The van der Waals surface area contributed by atoms with Gasteiger partial charge in [-0.2, -0.15) is 0 Å². The third-order valence-corrected chi connectivity index (χ3v) is 2.30. The lowest BCUT2D eigenvalue weighted by atomic mass is 10.2. The van der Waals surface area contributed by atoms with Crippen molar-refractivity contribution in [3.63, 3.8) is 0 Å². The number of hydrogen-bond acceptors (Lipinski definition) is 2. The van der Waals surface area contributed by atoms with Gasteiger partial charge < -0.3 is 14.4 Å². The van der Waals surface area contributed by atoms with Crippen LogP contribution in [0.25, 0.3) is 0 Å². The molecule has 4 heteroatoms. The number of aryl methyl sites for hydroxylation is 1. The van der Waals surface area contributed by atoms with Gasteiger partial charge in [0.25, 0.3) is 0 Å². The summed E-state index contributed by atoms with van der Waals surface area (Å²) in [6, 6.07) is 1.81. The maximum atomic E-state index is 11.0. The van der Waals surface area contributed by atoms with Crippen molar-refractivity contribution in [2.24, 2.45) is 5.92 Å². The fourth-order valence-electron chi connectivity index (χ4n) is 1.54. The SMILES string of the molecule is Cc1ccn(CCOCC(C)C)c1C(=O)O. The average Bonchev–Trinajstić information content (AvgIpc) is 2.54. The lowest BCUT2D eigenvalue weighted by molar-refractivity contribution is 0.0676. The van der Waals surface area contributed by atoms with Crippen molar-refractivity contribution in [2.45, 2.75) is 27.3 Å². The highest BCUT2D eigenvalue weighted by Crippen LogP contribution is 2.09. The number of aromatic carboxylic acids is 1. The lowest BCUT2D eigenvalue weighted by Crippen LogP contribution is -2.14. The Kier molecular flexibility index (Phi) is 4.55. The van der Waals surface area contributed by atoms with E-state index in [-0.39, 0.29) is 0 Å². The van der Waals surface area contributed by atoms with Gasteiger partial charge in [0.15, 0.2) is 0 Å². The van der Waals surface area contributed by atoms with E-state index in [4.69, 9.17) is 9.84 Å². The van der Waals surface area contributed by atoms with E-state index in [2.05, 4.69) is 13.8 Å². The van der Waals surface area contributed by atoms with Crippen LogP contribution in [0.2, 0.25) is 0 Å². The van der Waals surface area contributed by atoms with Gasteiger partial charge in [-0.15, -0.1) is 0 Å². The van der Waals surface area contributed by atoms with Crippen LogP contribution in [0.1, 0.15) is 29.9 Å². The summed E-state index contributed by atoms with van der Waals surface area (Å²) >= 11 is 0. The van der Waals surface area contributed by atoms with Crippen molar-refractivity contribution in [1.82, 2.24) is 4.57 Å². The first-order chi connectivity index (χ1) is 7.52. The van der Waals surface area contributed by atoms with E-state index in [0.29, 0.717) is 31.4 Å². The molecule has 0 radical (unpaired) electrons. The second kappa shape index (κ2) is 5.70. The second-order valence-corrected chi connectivity index (χ2v) is 4.31. The molecule has 0 saturated heterocycles. The first-order valence-corrected chi connectivity index (χ1v) is 5.49. The molecule has 1 aromatic heterocycles. The minimum Gasteiger partial charge on any atom is -0.477 e. The molecule has 0 unspecified atom stereocenters. The van der Waals surface area contributed by atoms with Crippen LogP contribution >= 0.6 is 0 Å². The maximum absolute atomic E-state index is 11.0. The molecular formula is C12H19NO3. The van der Waals surface area contributed by atoms with Crippen molar-refractivity contribution in [2.75, 3.05) is 13.2 Å². The first-order valence-electron chi connectivity index (χ1n) is 5.49. The highest BCUT2D eigenvalue weighted by Gasteiger charge is 2.12. The zero-order chi connectivity index (χ0) is 12.1. The van der Waals surface area contributed by atoms with Crippen molar-refractivity contribution < 1.29 is 14.6 Å². The van der Waals surface area contributed by atoms with Crippen LogP contribution in [0.15, 0.2) is 12.3 Å². The molecule has 1 heterocycles. The van der Waals surface area contributed by atoms with E-state index in [1.54, 1.807) is 17.7 Å². The average molecular weight is 225 g/mol. The van der Waals surface area contributed by atoms with Crippen molar-refractivity contribution in [1.29, 1.82) is 0 Å². The summed E-state index contributed by atoms with van der Waals surface area (Å²) in [7, 11) is 0. The largest absolute Gasteiger partial charge is 0.477 e. The number of aromatic nitrogens is 1. The Morgan fingerprint density at radius 2 is 2.25 bits per heavy atom. The standard InChI is InChI=1S/C12H19NO3/c1-9(2)8-16-7-6-13-5-4-10(3)11(13)12(14)15/h4-5,9H,6-8H2,1-3H3,(H,14,15). The summed E-state index contributed by atoms with van der Waals surface area (Å²) in [4.78, 5) is 11.0. The van der Waals surface area contributed by atoms with Gasteiger partial charge in [0.05, 0.1) is 6.61 Å². The number of ether oxygens (including phenoxy) is 1. The Morgan fingerprint density at radius 3 is 2.81 bits per heavy atom. The third kappa shape index (κ3) is 3.38. The Labute approximate surface area is 95.8 Å². The van der Waals surface area contributed by atoms with Crippen LogP contribution in [0, 0.1) is 12.8 Å². The van der Waals surface area contributed by atoms with E-state index in [0.717, 1.165) is 5.56 Å². The number of carboxylic acids is 1. The summed E-state index contributed by atoms with van der Waals surface area (Å²) in [5.41, 5.74) is 1.14. The van der Waals surface area contributed by atoms with Gasteiger partial charge >= 0.3 is 5.97 Å². The fraction of sp³-hybridized carbons (Fsp3) is 0.583. The van der Waals surface area contributed by atoms with Gasteiger partial charge in [-0.25, -0.2) is 4.79 Å². The molecule has 1 rings (SSSR count). The highest BCUT2D eigenvalue weighted by molar-refractivity contribution is 5.87. The van der Waals surface area contributed by atoms with E-state index >= 15 is 0 Å². The molecule has 0 bridgehead atoms. The first kappa shape index (κ1) is 12.8. The molecule has 0 spiro atoms. The highest BCUT2D eigenvalue weighted by atomic mass is 16.5. The third-order valence-electron chi connectivity index (χ3n) is 2.30. The quantitative estimate of drug-likeness (QED) is 0.755. The van der Waals surface area contributed by atoms with Crippen LogP contribution in [0.5, 0.6) is 0 Å². The summed E-state index contributed by atoms with van der Waals surface area (Å²) in [6.45, 7) is 7.82. The number of carbonyl (C=O) groups is 1. The van der Waals surface area contributed by atoms with Crippen LogP contribution in [0.3, 0.4) is 0 Å². The Bertz CT molecular complexity index is 355. The molecule has 4 nitrogen and oxygen atoms in total. The molecular weight excluding hydrogens is 206 g/mol. The summed E-state index contributed by atoms with van der Waals surface area (Å²) in [6.07, 6.45) is 1.79. The maximum Gasteiger partial charge on any atom is 0.352 e. The van der Waals surface area contributed by atoms with Gasteiger partial charge in [-0.05, 0) is 24.5 Å². The van der Waals surface area contributed by atoms with Crippen LogP contribution in [-0.2, 0) is 11.3 Å². The zero-order valence-corrected chi connectivity index (χ0v) is 10.1. The molecule has 0 saturated carbocycles. The molecule has 16 heavy (non-hydrogen) atoms. The van der Waals surface area contributed by atoms with E-state index in [1.165, 1.54) is 0 Å². The monoisotopic (exact) mass is 225 g/mol. The number of carboxylic acid groups (broad SMARTS) is 1. The molecule has 0 atom stereocenters. The van der Waals surface area contributed by atoms with Gasteiger partial charge in [-0.3, -0.25) is 0 Å². The molecule has 90 valence electrons. The lowest BCUT2D eigenvalue weighted by Gasteiger charge is -2.09. The van der Waals surface area contributed by atoms with Gasteiger partial charge in [0.1, 0.15) is 5.69 Å². The number of rotatable bonds is 6. The summed E-state index contributed by atoms with van der Waals surface area (Å²) in [5.74, 6) is -0.378. The van der Waals surface area contributed by atoms with E-state index < -0.39 is 5.97 Å². The summed E-state index contributed by atoms with van der Waals surface area (Å²) < 4.78 is 7.15. The molecule has 1 aromatic rings. The Morgan fingerprint density at radius 1 is 1.56 bits per heavy atom. The summed E-state index contributed by atoms with van der Waals surface area (Å²) in [5, 5.41) is 9.02. The molecule has 0 aromatic carbocycles. The fourth-order valence-corrected chi connectivity index (χ4v) is 1.54. The Hall–Kier alpha value is -1.29. The molecule has 0 aliphatic rings. The molecule has 0 fully saturated rings. The minimum absolute atomic E-state index is 0.355. The smallest absolute Gasteiger partial charge is 0.352 e. The van der Waals surface area contributed by atoms with Crippen molar-refractivity contribution in [3.8, 4) is 0 Å². The van der Waals surface area contributed by atoms with E-state index in [9.17, 15) is 4.79 Å². The Balaban J connectivity index is 2.51. The predicted octanol–water partition coefficient (Wildman–Crippen LogP) is 2.17. The molecule has 0 aliphatic carbocycles. The number of nitrogens with zero attached hydrogens (tertiary/aromatic N) is 1. The van der Waals surface area contributed by atoms with Crippen LogP contribution in [-0.4, -0.2) is 28.9 Å². The topological polar surface area (TPSA) is 51.5 Å². The van der Waals surface area contributed by atoms with Crippen LogP contribution < -0.4 is 0 Å². The molecule has 1 N–H and O–H groups in total. The zero-order valence-electron chi connectivity index (χ0n) is 10.1. The van der Waals surface area contributed by atoms with Crippen molar-refractivity contribution in [3.05, 3.63) is 23.5 Å². The van der Waals surface area contributed by atoms with E-state index in [1.807, 2.05) is 6.07 Å². The number of hydrogen-bond donors (Lipinski definition) is 1.